The third kappa shape index (κ3) is 4.20. The lowest BCUT2D eigenvalue weighted by molar-refractivity contribution is 0.318. The zero-order valence-corrected chi connectivity index (χ0v) is 14.7. The van der Waals surface area contributed by atoms with E-state index in [1.807, 2.05) is 42.5 Å². The van der Waals surface area contributed by atoms with E-state index in [0.29, 0.717) is 0 Å². The molecule has 0 radical (unpaired) electrons. The molecule has 0 atom stereocenters. The molecular weight excluding hydrogens is 310 g/mol. The molecule has 0 saturated heterocycles. The maximum absolute atomic E-state index is 5.96. The van der Waals surface area contributed by atoms with Crippen molar-refractivity contribution in [1.29, 1.82) is 0 Å². The number of benzene rings is 2. The van der Waals surface area contributed by atoms with E-state index in [9.17, 15) is 0 Å². The molecule has 4 nitrogen and oxygen atoms in total. The summed E-state index contributed by atoms with van der Waals surface area (Å²) in [6.07, 6.45) is 7.78. The Labute approximate surface area is 148 Å². The number of aromatic nitrogens is 2. The van der Waals surface area contributed by atoms with E-state index in [0.717, 1.165) is 46.7 Å². The van der Waals surface area contributed by atoms with Crippen LogP contribution in [0.25, 0.3) is 10.9 Å². The molecule has 0 fully saturated rings. The first kappa shape index (κ1) is 17.1. The van der Waals surface area contributed by atoms with Crippen LogP contribution in [0.5, 0.6) is 11.5 Å². The normalized spacial score (nSPS) is 11.0. The van der Waals surface area contributed by atoms with Crippen LogP contribution in [0.3, 0.4) is 0 Å². The van der Waals surface area contributed by atoms with Gasteiger partial charge in [0.25, 0.3) is 0 Å². The van der Waals surface area contributed by atoms with E-state index in [1.54, 1.807) is 0 Å². The van der Waals surface area contributed by atoms with Gasteiger partial charge in [-0.2, -0.15) is 5.10 Å². The average molecular weight is 333 g/mol. The standard InChI is InChI=1S/C21H23N3O/c1-4-6-13-24(3)15-21-19-14-18(11-12-20(19)22-23-21)25-17-9-7-16(5-2)8-10-17/h2,7-12,14H,4,6,13,15H2,1,3H3,(H,22,23). The van der Waals surface area contributed by atoms with Gasteiger partial charge in [0.2, 0.25) is 0 Å². The van der Waals surface area contributed by atoms with Gasteiger partial charge in [0.05, 0.1) is 11.2 Å². The highest BCUT2D eigenvalue weighted by molar-refractivity contribution is 5.82. The molecule has 0 aliphatic heterocycles. The topological polar surface area (TPSA) is 41.1 Å². The molecule has 1 heterocycles. The van der Waals surface area contributed by atoms with Gasteiger partial charge in [0, 0.05) is 17.5 Å². The summed E-state index contributed by atoms with van der Waals surface area (Å²) in [7, 11) is 2.13. The fourth-order valence-corrected chi connectivity index (χ4v) is 2.76. The maximum Gasteiger partial charge on any atom is 0.128 e. The van der Waals surface area contributed by atoms with Crippen LogP contribution < -0.4 is 4.74 Å². The summed E-state index contributed by atoms with van der Waals surface area (Å²) in [5, 5.41) is 8.65. The summed E-state index contributed by atoms with van der Waals surface area (Å²) < 4.78 is 5.96. The molecule has 4 heteroatoms. The Morgan fingerprint density at radius 3 is 2.64 bits per heavy atom. The van der Waals surface area contributed by atoms with E-state index in [4.69, 9.17) is 11.2 Å². The first-order chi connectivity index (χ1) is 12.2. The number of aromatic amines is 1. The van der Waals surface area contributed by atoms with E-state index >= 15 is 0 Å². The predicted molar refractivity (Wildman–Crippen MR) is 102 cm³/mol. The molecule has 0 amide bonds. The molecule has 3 aromatic rings. The molecule has 1 N–H and O–H groups in total. The molecule has 25 heavy (non-hydrogen) atoms. The third-order valence-electron chi connectivity index (χ3n) is 4.18. The van der Waals surface area contributed by atoms with Crippen LogP contribution in [0.4, 0.5) is 0 Å². The number of terminal acetylenes is 1. The molecule has 0 unspecified atom stereocenters. The van der Waals surface area contributed by atoms with Crippen molar-refractivity contribution in [2.45, 2.75) is 26.3 Å². The number of nitrogens with zero attached hydrogens (tertiary/aromatic N) is 2. The predicted octanol–water partition coefficient (Wildman–Crippen LogP) is 4.57. The zero-order chi connectivity index (χ0) is 17.6. The molecular formula is C21H23N3O. The van der Waals surface area contributed by atoms with Crippen LogP contribution >= 0.6 is 0 Å². The van der Waals surface area contributed by atoms with Crippen molar-refractivity contribution in [2.24, 2.45) is 0 Å². The van der Waals surface area contributed by atoms with Gasteiger partial charge in [-0.3, -0.25) is 5.10 Å². The number of unbranched alkanes of at least 4 members (excludes halogenated alkanes) is 1. The van der Waals surface area contributed by atoms with Crippen molar-refractivity contribution < 1.29 is 4.74 Å². The second-order valence-corrected chi connectivity index (χ2v) is 6.24. The number of H-pyrrole nitrogens is 1. The minimum absolute atomic E-state index is 0.767. The minimum atomic E-state index is 0.767. The molecule has 0 saturated carbocycles. The molecule has 0 bridgehead atoms. The van der Waals surface area contributed by atoms with Crippen molar-refractivity contribution in [3.05, 3.63) is 53.7 Å². The lowest BCUT2D eigenvalue weighted by Crippen LogP contribution is -2.19. The Bertz CT molecular complexity index is 874. The number of hydrogen-bond donors (Lipinski definition) is 1. The lowest BCUT2D eigenvalue weighted by atomic mass is 10.2. The summed E-state index contributed by atoms with van der Waals surface area (Å²) in [4.78, 5) is 2.31. The van der Waals surface area contributed by atoms with Crippen molar-refractivity contribution in [2.75, 3.05) is 13.6 Å². The van der Waals surface area contributed by atoms with Gasteiger partial charge < -0.3 is 9.64 Å². The average Bonchev–Trinajstić information content (AvgIpc) is 3.03. The lowest BCUT2D eigenvalue weighted by Gasteiger charge is -2.15. The van der Waals surface area contributed by atoms with Gasteiger partial charge in [0.1, 0.15) is 11.5 Å². The van der Waals surface area contributed by atoms with E-state index < -0.39 is 0 Å². The molecule has 128 valence electrons. The number of rotatable bonds is 7. The summed E-state index contributed by atoms with van der Waals surface area (Å²) in [5.74, 6) is 4.16. The van der Waals surface area contributed by atoms with Crippen molar-refractivity contribution in [3.63, 3.8) is 0 Å². The van der Waals surface area contributed by atoms with Crippen LogP contribution in [0.15, 0.2) is 42.5 Å². The van der Waals surface area contributed by atoms with Gasteiger partial charge in [-0.05, 0) is 62.5 Å². The van der Waals surface area contributed by atoms with Gasteiger partial charge in [-0.15, -0.1) is 6.42 Å². The van der Waals surface area contributed by atoms with Gasteiger partial charge in [-0.1, -0.05) is 19.3 Å². The van der Waals surface area contributed by atoms with Gasteiger partial charge >= 0.3 is 0 Å². The number of fused-ring (bicyclic) bond motifs is 1. The van der Waals surface area contributed by atoms with Crippen LogP contribution in [-0.2, 0) is 6.54 Å². The molecule has 3 rings (SSSR count). The van der Waals surface area contributed by atoms with E-state index in [2.05, 4.69) is 35.0 Å². The van der Waals surface area contributed by atoms with E-state index in [1.165, 1.54) is 12.8 Å². The number of hydrogen-bond acceptors (Lipinski definition) is 3. The minimum Gasteiger partial charge on any atom is -0.457 e. The Morgan fingerprint density at radius 1 is 1.16 bits per heavy atom. The van der Waals surface area contributed by atoms with Crippen LogP contribution in [0, 0.1) is 12.3 Å². The Morgan fingerprint density at radius 2 is 1.92 bits per heavy atom. The second kappa shape index (κ2) is 7.87. The summed E-state index contributed by atoms with van der Waals surface area (Å²) in [5.41, 5.74) is 2.91. The maximum atomic E-state index is 5.96. The quantitative estimate of drug-likeness (QED) is 0.644. The summed E-state index contributed by atoms with van der Waals surface area (Å²) in [6, 6.07) is 13.5. The number of ether oxygens (including phenoxy) is 1. The summed E-state index contributed by atoms with van der Waals surface area (Å²) >= 11 is 0. The highest BCUT2D eigenvalue weighted by Crippen LogP contribution is 2.27. The van der Waals surface area contributed by atoms with Crippen molar-refractivity contribution in [1.82, 2.24) is 15.1 Å². The third-order valence-corrected chi connectivity index (χ3v) is 4.18. The molecule has 0 aliphatic rings. The van der Waals surface area contributed by atoms with Crippen molar-refractivity contribution in [3.8, 4) is 23.8 Å². The first-order valence-corrected chi connectivity index (χ1v) is 8.59. The smallest absolute Gasteiger partial charge is 0.128 e. The molecule has 0 aliphatic carbocycles. The largest absolute Gasteiger partial charge is 0.457 e. The fraction of sp³-hybridized carbons (Fsp3) is 0.286. The molecule has 0 spiro atoms. The van der Waals surface area contributed by atoms with Crippen LogP contribution in [-0.4, -0.2) is 28.7 Å². The van der Waals surface area contributed by atoms with E-state index in [-0.39, 0.29) is 0 Å². The Hall–Kier alpha value is -2.77. The monoisotopic (exact) mass is 333 g/mol. The molecule has 1 aromatic heterocycles. The fourth-order valence-electron chi connectivity index (χ4n) is 2.76. The Kier molecular flexibility index (Phi) is 5.37. The van der Waals surface area contributed by atoms with Gasteiger partial charge in [-0.25, -0.2) is 0 Å². The molecule has 2 aromatic carbocycles. The first-order valence-electron chi connectivity index (χ1n) is 8.59. The van der Waals surface area contributed by atoms with Crippen LogP contribution in [0.1, 0.15) is 31.0 Å². The highest BCUT2D eigenvalue weighted by atomic mass is 16.5. The Balaban J connectivity index is 1.78. The zero-order valence-electron chi connectivity index (χ0n) is 14.7. The SMILES string of the molecule is C#Cc1ccc(Oc2ccc3n[nH]c(CN(C)CCCC)c3c2)cc1. The highest BCUT2D eigenvalue weighted by Gasteiger charge is 2.09. The number of nitrogens with one attached hydrogen (secondary N) is 1. The van der Waals surface area contributed by atoms with Crippen LogP contribution in [0.2, 0.25) is 0 Å². The second-order valence-electron chi connectivity index (χ2n) is 6.24. The summed E-state index contributed by atoms with van der Waals surface area (Å²) in [6.45, 7) is 4.13. The van der Waals surface area contributed by atoms with Crippen molar-refractivity contribution >= 4 is 10.9 Å². The van der Waals surface area contributed by atoms with Gasteiger partial charge in [0.15, 0.2) is 0 Å².